The molecule has 0 amide bonds. The van der Waals surface area contributed by atoms with Gasteiger partial charge >= 0.3 is 5.97 Å². The number of nitrogens with zero attached hydrogens (tertiary/aromatic N) is 3. The van der Waals surface area contributed by atoms with E-state index in [-0.39, 0.29) is 13.0 Å². The van der Waals surface area contributed by atoms with Gasteiger partial charge in [0.1, 0.15) is 0 Å². The Hall–Kier alpha value is -1.81. The fourth-order valence-corrected chi connectivity index (χ4v) is 1.05. The van der Waals surface area contributed by atoms with Crippen LogP contribution in [0.15, 0.2) is 17.8 Å². The first-order valence-electron chi connectivity index (χ1n) is 4.90. The fraction of sp³-hybridized carbons (Fsp3) is 0.600. The van der Waals surface area contributed by atoms with Crippen molar-refractivity contribution in [3.63, 3.8) is 0 Å². The van der Waals surface area contributed by atoms with Gasteiger partial charge in [0.2, 0.25) is 5.54 Å². The second-order valence-corrected chi connectivity index (χ2v) is 3.23. The van der Waals surface area contributed by atoms with E-state index in [1.807, 2.05) is 0 Å². The molecular formula is C10H15N3O3. The van der Waals surface area contributed by atoms with E-state index >= 15 is 0 Å². The minimum atomic E-state index is -1.77. The average Bonchev–Trinajstić information content (AvgIpc) is 2.26. The largest absolute Gasteiger partial charge is 0.465 e. The zero-order valence-electron chi connectivity index (χ0n) is 9.47. The molecule has 0 heterocycles. The molecule has 0 aliphatic rings. The molecule has 0 aromatic carbocycles. The molecule has 0 fully saturated rings. The molecule has 0 aliphatic carbocycles. The van der Waals surface area contributed by atoms with E-state index in [1.165, 1.54) is 6.92 Å². The summed E-state index contributed by atoms with van der Waals surface area (Å²) in [5, 5.41) is 3.25. The third-order valence-corrected chi connectivity index (χ3v) is 2.04. The SMILES string of the molecule is C=CCCC(=O)C(C)(N=[N+]=[N-])C(=O)OCC. The molecule has 16 heavy (non-hydrogen) atoms. The highest BCUT2D eigenvalue weighted by molar-refractivity contribution is 6.08. The number of esters is 1. The molecule has 0 aromatic rings. The summed E-state index contributed by atoms with van der Waals surface area (Å²) < 4.78 is 4.71. The smallest absolute Gasteiger partial charge is 0.325 e. The molecule has 88 valence electrons. The van der Waals surface area contributed by atoms with Crippen molar-refractivity contribution in [1.82, 2.24) is 0 Å². The number of carbonyl (C=O) groups is 2. The summed E-state index contributed by atoms with van der Waals surface area (Å²) in [5.74, 6) is -1.29. The van der Waals surface area contributed by atoms with Crippen LogP contribution in [0, 0.1) is 0 Å². The average molecular weight is 225 g/mol. The van der Waals surface area contributed by atoms with Crippen LogP contribution >= 0.6 is 0 Å². The number of rotatable bonds is 7. The molecule has 0 aromatic heterocycles. The van der Waals surface area contributed by atoms with Gasteiger partial charge in [-0.05, 0) is 25.8 Å². The van der Waals surface area contributed by atoms with E-state index in [1.54, 1.807) is 13.0 Å². The first-order chi connectivity index (χ1) is 7.52. The van der Waals surface area contributed by atoms with Crippen LogP contribution in [0.5, 0.6) is 0 Å². The lowest BCUT2D eigenvalue weighted by Gasteiger charge is -2.19. The first-order valence-corrected chi connectivity index (χ1v) is 4.90. The van der Waals surface area contributed by atoms with E-state index in [2.05, 4.69) is 16.6 Å². The van der Waals surface area contributed by atoms with Crippen molar-refractivity contribution < 1.29 is 14.3 Å². The number of allylic oxidation sites excluding steroid dienone is 1. The van der Waals surface area contributed by atoms with Crippen LogP contribution in [0.1, 0.15) is 26.7 Å². The maximum absolute atomic E-state index is 11.7. The second kappa shape index (κ2) is 6.63. The zero-order chi connectivity index (χ0) is 12.6. The molecule has 0 radical (unpaired) electrons. The number of azide groups is 1. The predicted molar refractivity (Wildman–Crippen MR) is 58.6 cm³/mol. The molecule has 6 nitrogen and oxygen atoms in total. The van der Waals surface area contributed by atoms with Crippen molar-refractivity contribution in [2.75, 3.05) is 6.61 Å². The Bertz CT molecular complexity index is 334. The predicted octanol–water partition coefficient (Wildman–Crippen LogP) is 2.15. The van der Waals surface area contributed by atoms with Crippen molar-refractivity contribution in [3.05, 3.63) is 23.1 Å². The van der Waals surface area contributed by atoms with Crippen LogP contribution in [0.2, 0.25) is 0 Å². The molecule has 0 saturated carbocycles. The van der Waals surface area contributed by atoms with Gasteiger partial charge < -0.3 is 4.74 Å². The van der Waals surface area contributed by atoms with E-state index < -0.39 is 17.3 Å². The van der Waals surface area contributed by atoms with Crippen LogP contribution in [0.3, 0.4) is 0 Å². The van der Waals surface area contributed by atoms with E-state index in [9.17, 15) is 9.59 Å². The third kappa shape index (κ3) is 3.40. The number of ketones is 1. The van der Waals surface area contributed by atoms with Crippen LogP contribution in [-0.2, 0) is 14.3 Å². The van der Waals surface area contributed by atoms with Gasteiger partial charge in [0.05, 0.1) is 6.61 Å². The summed E-state index contributed by atoms with van der Waals surface area (Å²) in [5.41, 5.74) is 6.60. The topological polar surface area (TPSA) is 92.1 Å². The summed E-state index contributed by atoms with van der Waals surface area (Å²) in [6.45, 7) is 6.47. The number of carbonyl (C=O) groups excluding carboxylic acids is 2. The van der Waals surface area contributed by atoms with E-state index in [0.717, 1.165) is 0 Å². The molecule has 1 unspecified atom stereocenters. The Kier molecular flexibility index (Phi) is 5.88. The number of hydrogen-bond donors (Lipinski definition) is 0. The fourth-order valence-electron chi connectivity index (χ4n) is 1.05. The van der Waals surface area contributed by atoms with Crippen molar-refractivity contribution in [1.29, 1.82) is 0 Å². The van der Waals surface area contributed by atoms with Crippen molar-refractivity contribution in [2.45, 2.75) is 32.2 Å². The minimum Gasteiger partial charge on any atom is -0.465 e. The zero-order valence-corrected chi connectivity index (χ0v) is 9.47. The van der Waals surface area contributed by atoms with Gasteiger partial charge in [-0.15, -0.1) is 6.58 Å². The van der Waals surface area contributed by atoms with Gasteiger partial charge in [0.25, 0.3) is 0 Å². The van der Waals surface area contributed by atoms with Gasteiger partial charge in [-0.1, -0.05) is 11.2 Å². The quantitative estimate of drug-likeness (QED) is 0.166. The molecule has 0 N–H and O–H groups in total. The molecule has 0 rings (SSSR count). The van der Waals surface area contributed by atoms with Crippen LogP contribution < -0.4 is 0 Å². The van der Waals surface area contributed by atoms with Crippen LogP contribution in [0.4, 0.5) is 0 Å². The Labute approximate surface area is 93.9 Å². The first kappa shape index (κ1) is 14.2. The Balaban J connectivity index is 4.93. The van der Waals surface area contributed by atoms with Gasteiger partial charge in [0.15, 0.2) is 5.78 Å². The summed E-state index contributed by atoms with van der Waals surface area (Å²) in [7, 11) is 0. The normalized spacial score (nSPS) is 13.1. The molecule has 0 bridgehead atoms. The Morgan fingerprint density at radius 1 is 1.62 bits per heavy atom. The summed E-state index contributed by atoms with van der Waals surface area (Å²) in [6, 6.07) is 0. The summed E-state index contributed by atoms with van der Waals surface area (Å²) in [4.78, 5) is 25.8. The maximum Gasteiger partial charge on any atom is 0.325 e. The molecule has 0 saturated heterocycles. The lowest BCUT2D eigenvalue weighted by atomic mass is 9.94. The highest BCUT2D eigenvalue weighted by Crippen LogP contribution is 2.18. The molecule has 0 spiro atoms. The molecule has 0 aliphatic heterocycles. The Morgan fingerprint density at radius 3 is 2.69 bits per heavy atom. The standard InChI is InChI=1S/C10H15N3O3/c1-4-6-7-8(14)10(3,12-13-11)9(15)16-5-2/h4H,1,5-7H2,2-3H3. The van der Waals surface area contributed by atoms with Crippen molar-refractivity contribution in [3.8, 4) is 0 Å². The van der Waals surface area contributed by atoms with Crippen LogP contribution in [0.25, 0.3) is 10.4 Å². The molecular weight excluding hydrogens is 210 g/mol. The van der Waals surface area contributed by atoms with Crippen molar-refractivity contribution in [2.24, 2.45) is 5.11 Å². The Morgan fingerprint density at radius 2 is 2.25 bits per heavy atom. The molecule has 6 heteroatoms. The monoisotopic (exact) mass is 225 g/mol. The van der Waals surface area contributed by atoms with Crippen molar-refractivity contribution >= 4 is 11.8 Å². The third-order valence-electron chi connectivity index (χ3n) is 2.04. The summed E-state index contributed by atoms with van der Waals surface area (Å²) in [6.07, 6.45) is 2.08. The lowest BCUT2D eigenvalue weighted by Crippen LogP contribution is -2.42. The number of ether oxygens (including phenoxy) is 1. The number of hydrogen-bond acceptors (Lipinski definition) is 4. The minimum absolute atomic E-state index is 0.0951. The van der Waals surface area contributed by atoms with Crippen LogP contribution in [-0.4, -0.2) is 23.9 Å². The highest BCUT2D eigenvalue weighted by Gasteiger charge is 2.40. The van der Waals surface area contributed by atoms with Gasteiger partial charge in [0, 0.05) is 11.3 Å². The maximum atomic E-state index is 11.7. The molecule has 1 atom stereocenters. The number of Topliss-reactive ketones (excluding diaryl/α,β-unsaturated/α-hetero) is 1. The summed E-state index contributed by atoms with van der Waals surface area (Å²) >= 11 is 0. The van der Waals surface area contributed by atoms with Gasteiger partial charge in [-0.25, -0.2) is 0 Å². The second-order valence-electron chi connectivity index (χ2n) is 3.23. The van der Waals surface area contributed by atoms with E-state index in [0.29, 0.717) is 6.42 Å². The lowest BCUT2D eigenvalue weighted by molar-refractivity contribution is -0.152. The van der Waals surface area contributed by atoms with Gasteiger partial charge in [-0.3, -0.25) is 9.59 Å². The van der Waals surface area contributed by atoms with E-state index in [4.69, 9.17) is 10.3 Å². The van der Waals surface area contributed by atoms with Gasteiger partial charge in [-0.2, -0.15) is 0 Å². The highest BCUT2D eigenvalue weighted by atomic mass is 16.5.